The molecule has 0 unspecified atom stereocenters. The number of aromatic nitrogens is 3. The molecule has 0 aliphatic carbocycles. The van der Waals surface area contributed by atoms with Crippen LogP contribution in [0.15, 0.2) is 48.5 Å². The van der Waals surface area contributed by atoms with E-state index in [1.165, 1.54) is 24.3 Å². The van der Waals surface area contributed by atoms with Gasteiger partial charge < -0.3 is 19.8 Å². The highest BCUT2D eigenvalue weighted by Crippen LogP contribution is 2.24. The molecule has 0 spiro atoms. The summed E-state index contributed by atoms with van der Waals surface area (Å²) in [7, 11) is 0. The fourth-order valence-corrected chi connectivity index (χ4v) is 3.21. The molecule has 0 saturated carbocycles. The van der Waals surface area contributed by atoms with E-state index in [2.05, 4.69) is 15.0 Å². The molecule has 4 rings (SSSR count). The lowest BCUT2D eigenvalue weighted by Crippen LogP contribution is -2.43. The molecule has 2 aromatic carbocycles. The summed E-state index contributed by atoms with van der Waals surface area (Å²) in [5.41, 5.74) is -0.149. The van der Waals surface area contributed by atoms with Crippen molar-refractivity contribution >= 4 is 29.7 Å². The summed E-state index contributed by atoms with van der Waals surface area (Å²) in [4.78, 5) is 40.2. The molecule has 1 aliphatic rings. The second-order valence-corrected chi connectivity index (χ2v) is 7.22. The highest BCUT2D eigenvalue weighted by atomic mass is 16.5. The number of carbonyl (C=O) groups is 2. The smallest absolute Gasteiger partial charge is 0.278 e. The lowest BCUT2D eigenvalue weighted by Gasteiger charge is -2.28. The molecule has 0 bridgehead atoms. The predicted octanol–water partition coefficient (Wildman–Crippen LogP) is 0.160. The number of ether oxygens (including phenoxy) is 1. The Balaban J connectivity index is 1.73. The first-order valence-electron chi connectivity index (χ1n) is 10.2. The maximum atomic E-state index is 12.9. The molecular weight excluding hydrogens is 444 g/mol. The van der Waals surface area contributed by atoms with Crippen LogP contribution in [-0.4, -0.2) is 63.3 Å². The topological polar surface area (TPSA) is 184 Å². The highest BCUT2D eigenvalue weighted by Gasteiger charge is 2.27. The third-order valence-electron chi connectivity index (χ3n) is 5.03. The number of para-hydroxylation sites is 2. The lowest BCUT2D eigenvalue weighted by molar-refractivity contribution is 0.0977. The third kappa shape index (κ3) is 4.56. The van der Waals surface area contributed by atoms with Crippen molar-refractivity contribution < 1.29 is 24.5 Å². The van der Waals surface area contributed by atoms with Crippen molar-refractivity contribution in [1.29, 1.82) is 0 Å². The minimum absolute atomic E-state index is 0.0743. The van der Waals surface area contributed by atoms with Crippen molar-refractivity contribution in [3.05, 3.63) is 59.7 Å². The average Bonchev–Trinajstić information content (AvgIpc) is 2.88. The van der Waals surface area contributed by atoms with Gasteiger partial charge in [-0.1, -0.05) is 24.3 Å². The maximum absolute atomic E-state index is 12.9. The number of rotatable bonds is 5. The minimum atomic E-state index is -0.793. The van der Waals surface area contributed by atoms with Crippen LogP contribution in [0.2, 0.25) is 0 Å². The molecule has 1 fully saturated rings. The molecule has 13 heteroatoms. The van der Waals surface area contributed by atoms with Crippen molar-refractivity contribution in [3.63, 3.8) is 0 Å². The maximum Gasteiger partial charge on any atom is 0.278 e. The number of amides is 2. The van der Waals surface area contributed by atoms with Crippen LogP contribution in [-0.2, 0) is 4.74 Å². The summed E-state index contributed by atoms with van der Waals surface area (Å²) < 4.78 is 5.35. The lowest BCUT2D eigenvalue weighted by atomic mass is 10.2. The summed E-state index contributed by atoms with van der Waals surface area (Å²) >= 11 is 0. The Morgan fingerprint density at radius 3 is 1.68 bits per heavy atom. The van der Waals surface area contributed by atoms with E-state index >= 15 is 0 Å². The number of phenolic OH excluding ortho intramolecular Hbond substituents is 2. The number of anilines is 3. The molecular formula is C21H22N8O5. The molecule has 2 heterocycles. The van der Waals surface area contributed by atoms with Gasteiger partial charge in [0.15, 0.2) is 0 Å². The van der Waals surface area contributed by atoms with Gasteiger partial charge in [-0.15, -0.1) is 0 Å². The Morgan fingerprint density at radius 2 is 1.24 bits per heavy atom. The van der Waals surface area contributed by atoms with Gasteiger partial charge in [-0.2, -0.15) is 15.0 Å². The number of aromatic hydroxyl groups is 2. The van der Waals surface area contributed by atoms with Gasteiger partial charge in [0, 0.05) is 13.1 Å². The van der Waals surface area contributed by atoms with E-state index in [0.717, 1.165) is 0 Å². The van der Waals surface area contributed by atoms with E-state index in [9.17, 15) is 19.8 Å². The second-order valence-electron chi connectivity index (χ2n) is 7.22. The largest absolute Gasteiger partial charge is 0.507 e. The molecule has 176 valence electrons. The van der Waals surface area contributed by atoms with Crippen molar-refractivity contribution in [2.75, 3.05) is 41.2 Å². The van der Waals surface area contributed by atoms with Gasteiger partial charge in [-0.25, -0.2) is 21.7 Å². The van der Waals surface area contributed by atoms with E-state index in [4.69, 9.17) is 16.4 Å². The molecule has 34 heavy (non-hydrogen) atoms. The predicted molar refractivity (Wildman–Crippen MR) is 121 cm³/mol. The van der Waals surface area contributed by atoms with Crippen LogP contribution >= 0.6 is 0 Å². The van der Waals surface area contributed by atoms with Crippen LogP contribution in [0.3, 0.4) is 0 Å². The Bertz CT molecular complexity index is 1140. The highest BCUT2D eigenvalue weighted by molar-refractivity contribution is 6.07. The summed E-state index contributed by atoms with van der Waals surface area (Å²) in [6.45, 7) is 1.73. The summed E-state index contributed by atoms with van der Waals surface area (Å²) in [5, 5.41) is 21.3. The second kappa shape index (κ2) is 9.66. The van der Waals surface area contributed by atoms with Crippen molar-refractivity contribution in [3.8, 4) is 11.5 Å². The van der Waals surface area contributed by atoms with E-state index in [1.807, 2.05) is 0 Å². The molecule has 1 aromatic heterocycles. The Kier molecular flexibility index (Phi) is 6.49. The Hall–Kier alpha value is -4.33. The van der Waals surface area contributed by atoms with E-state index < -0.39 is 11.8 Å². The van der Waals surface area contributed by atoms with Crippen LogP contribution in [0.25, 0.3) is 0 Å². The van der Waals surface area contributed by atoms with Gasteiger partial charge in [-0.05, 0) is 24.3 Å². The van der Waals surface area contributed by atoms with Gasteiger partial charge in [0.25, 0.3) is 23.7 Å². The first-order chi connectivity index (χ1) is 16.4. The average molecular weight is 466 g/mol. The van der Waals surface area contributed by atoms with Gasteiger partial charge in [-0.3, -0.25) is 9.59 Å². The number of hydrogen-bond acceptors (Lipinski definition) is 11. The number of hydrogen-bond donors (Lipinski definition) is 4. The number of morpholine rings is 1. The zero-order valence-electron chi connectivity index (χ0n) is 17.9. The monoisotopic (exact) mass is 466 g/mol. The van der Waals surface area contributed by atoms with Crippen molar-refractivity contribution in [1.82, 2.24) is 15.0 Å². The van der Waals surface area contributed by atoms with E-state index in [0.29, 0.717) is 36.3 Å². The number of phenols is 2. The van der Waals surface area contributed by atoms with Crippen LogP contribution in [0.4, 0.5) is 17.8 Å². The van der Waals surface area contributed by atoms with Gasteiger partial charge in [0.05, 0.1) is 24.3 Å². The van der Waals surface area contributed by atoms with Crippen molar-refractivity contribution in [2.45, 2.75) is 0 Å². The van der Waals surface area contributed by atoms with Crippen LogP contribution in [0.1, 0.15) is 20.7 Å². The fraction of sp³-hybridized carbons (Fsp3) is 0.190. The van der Waals surface area contributed by atoms with E-state index in [-0.39, 0.29) is 40.5 Å². The number of nitrogens with two attached hydrogens (primary N) is 2. The van der Waals surface area contributed by atoms with Crippen LogP contribution in [0, 0.1) is 0 Å². The number of carbonyl (C=O) groups excluding carboxylic acids is 2. The van der Waals surface area contributed by atoms with Crippen molar-refractivity contribution in [2.24, 2.45) is 11.7 Å². The zero-order chi connectivity index (χ0) is 24.2. The van der Waals surface area contributed by atoms with Crippen LogP contribution < -0.4 is 26.6 Å². The number of benzene rings is 2. The molecule has 13 nitrogen and oxygen atoms in total. The summed E-state index contributed by atoms with van der Waals surface area (Å²) in [6.07, 6.45) is 0. The Labute approximate surface area is 193 Å². The first-order valence-corrected chi connectivity index (χ1v) is 10.2. The molecule has 1 saturated heterocycles. The molecule has 0 atom stereocenters. The van der Waals surface area contributed by atoms with Gasteiger partial charge in [0.2, 0.25) is 5.95 Å². The zero-order valence-corrected chi connectivity index (χ0v) is 17.9. The SMILES string of the molecule is NN(C(=O)c1ccccc1O)c1nc(N2CCOCC2)nc(N(N)C(=O)c2ccccc2O)n1. The molecule has 1 aliphatic heterocycles. The first kappa shape index (κ1) is 22.8. The third-order valence-corrected chi connectivity index (χ3v) is 5.03. The van der Waals surface area contributed by atoms with Gasteiger partial charge >= 0.3 is 0 Å². The summed E-state index contributed by atoms with van der Waals surface area (Å²) in [6, 6.07) is 11.7. The molecule has 3 aromatic rings. The summed E-state index contributed by atoms with van der Waals surface area (Å²) in [5.74, 6) is 9.39. The van der Waals surface area contributed by atoms with Crippen LogP contribution in [0.5, 0.6) is 11.5 Å². The van der Waals surface area contributed by atoms with E-state index in [1.54, 1.807) is 29.2 Å². The fourth-order valence-electron chi connectivity index (χ4n) is 3.21. The Morgan fingerprint density at radius 1 is 0.794 bits per heavy atom. The standard InChI is InChI=1S/C21H22N8O5/c22-28(17(32)13-5-1-3-7-15(13)30)20-24-19(27-9-11-34-12-10-27)25-21(26-20)29(23)18(33)14-6-2-4-8-16(14)31/h1-8,30-31H,9-12,22-23H2. The minimum Gasteiger partial charge on any atom is -0.507 e. The quantitative estimate of drug-likeness (QED) is 0.228. The molecule has 0 radical (unpaired) electrons. The number of nitrogens with zero attached hydrogens (tertiary/aromatic N) is 6. The van der Waals surface area contributed by atoms with Gasteiger partial charge in [0.1, 0.15) is 11.5 Å². The normalized spacial score (nSPS) is 13.4. The molecule has 6 N–H and O–H groups in total. The number of hydrazine groups is 2. The molecule has 2 amide bonds.